The van der Waals surface area contributed by atoms with Crippen molar-refractivity contribution in [2.24, 2.45) is 11.7 Å². The van der Waals surface area contributed by atoms with Gasteiger partial charge in [0, 0.05) is 38.8 Å². The Morgan fingerprint density at radius 1 is 1.19 bits per heavy atom. The summed E-state index contributed by atoms with van der Waals surface area (Å²) in [4.78, 5) is 18.5. The SMILES string of the molecule is CC(C1CCN(Cc2cccc(OCC(N)=O)c2)CC1)N1CCN(C)CC1. The third-order valence-electron chi connectivity index (χ3n) is 6.11. The number of nitrogens with zero attached hydrogens (tertiary/aromatic N) is 3. The lowest BCUT2D eigenvalue weighted by atomic mass is 9.89. The number of piperidine rings is 1. The Balaban J connectivity index is 1.45. The first-order chi connectivity index (χ1) is 13.0. The van der Waals surface area contributed by atoms with Gasteiger partial charge in [-0.05, 0) is 63.5 Å². The van der Waals surface area contributed by atoms with Crippen molar-refractivity contribution < 1.29 is 9.53 Å². The van der Waals surface area contributed by atoms with Crippen molar-refractivity contribution in [3.05, 3.63) is 29.8 Å². The lowest BCUT2D eigenvalue weighted by Gasteiger charge is -2.42. The Bertz CT molecular complexity index is 608. The minimum atomic E-state index is -0.447. The molecule has 1 atom stereocenters. The van der Waals surface area contributed by atoms with Crippen LogP contribution in [0, 0.1) is 5.92 Å². The van der Waals surface area contributed by atoms with Crippen LogP contribution < -0.4 is 10.5 Å². The number of hydrogen-bond donors (Lipinski definition) is 1. The molecule has 0 radical (unpaired) electrons. The largest absolute Gasteiger partial charge is 0.484 e. The van der Waals surface area contributed by atoms with Crippen LogP contribution in [0.2, 0.25) is 0 Å². The highest BCUT2D eigenvalue weighted by atomic mass is 16.5. The Kier molecular flexibility index (Phi) is 7.10. The van der Waals surface area contributed by atoms with Crippen LogP contribution in [0.5, 0.6) is 5.75 Å². The summed E-state index contributed by atoms with van der Waals surface area (Å²) in [6.45, 7) is 10.4. The van der Waals surface area contributed by atoms with E-state index in [1.54, 1.807) is 0 Å². The third kappa shape index (κ3) is 5.92. The van der Waals surface area contributed by atoms with Crippen LogP contribution in [0.1, 0.15) is 25.3 Å². The molecule has 0 saturated carbocycles. The van der Waals surface area contributed by atoms with Crippen molar-refractivity contribution in [3.8, 4) is 5.75 Å². The highest BCUT2D eigenvalue weighted by molar-refractivity contribution is 5.75. The van der Waals surface area contributed by atoms with Gasteiger partial charge in [0.25, 0.3) is 5.91 Å². The molecule has 1 aromatic carbocycles. The number of piperazine rings is 1. The summed E-state index contributed by atoms with van der Waals surface area (Å²) < 4.78 is 5.42. The van der Waals surface area contributed by atoms with Crippen LogP contribution in [-0.2, 0) is 11.3 Å². The van der Waals surface area contributed by atoms with E-state index in [2.05, 4.69) is 34.7 Å². The monoisotopic (exact) mass is 374 g/mol. The second-order valence-electron chi connectivity index (χ2n) is 8.10. The predicted octanol–water partition coefficient (Wildman–Crippen LogP) is 1.40. The quantitative estimate of drug-likeness (QED) is 0.782. The molecule has 2 fully saturated rings. The number of amides is 1. The summed E-state index contributed by atoms with van der Waals surface area (Å²) in [5, 5.41) is 0. The smallest absolute Gasteiger partial charge is 0.255 e. The second-order valence-corrected chi connectivity index (χ2v) is 8.10. The molecule has 2 aliphatic rings. The van der Waals surface area contributed by atoms with E-state index in [9.17, 15) is 4.79 Å². The molecule has 2 saturated heterocycles. The van der Waals surface area contributed by atoms with Crippen LogP contribution in [0.4, 0.5) is 0 Å². The van der Waals surface area contributed by atoms with Gasteiger partial charge in [-0.3, -0.25) is 14.6 Å². The Morgan fingerprint density at radius 3 is 2.56 bits per heavy atom. The molecule has 27 heavy (non-hydrogen) atoms. The molecule has 1 unspecified atom stereocenters. The molecule has 2 heterocycles. The van der Waals surface area contributed by atoms with Crippen molar-refractivity contribution in [1.29, 1.82) is 0 Å². The van der Waals surface area contributed by atoms with E-state index in [1.807, 2.05) is 18.2 Å². The fourth-order valence-corrected chi connectivity index (χ4v) is 4.27. The lowest BCUT2D eigenvalue weighted by molar-refractivity contribution is -0.119. The molecule has 2 N–H and O–H groups in total. The van der Waals surface area contributed by atoms with Crippen LogP contribution in [0.15, 0.2) is 24.3 Å². The molecule has 6 nitrogen and oxygen atoms in total. The van der Waals surface area contributed by atoms with Crippen LogP contribution in [0.3, 0.4) is 0 Å². The summed E-state index contributed by atoms with van der Waals surface area (Å²) in [6, 6.07) is 8.67. The number of carbonyl (C=O) groups is 1. The Morgan fingerprint density at radius 2 is 1.89 bits per heavy atom. The van der Waals surface area contributed by atoms with E-state index < -0.39 is 5.91 Å². The number of carbonyl (C=O) groups excluding carboxylic acids is 1. The van der Waals surface area contributed by atoms with Gasteiger partial charge in [0.1, 0.15) is 5.75 Å². The molecule has 0 spiro atoms. The van der Waals surface area contributed by atoms with E-state index in [-0.39, 0.29) is 6.61 Å². The van der Waals surface area contributed by atoms with Gasteiger partial charge in [-0.2, -0.15) is 0 Å². The average Bonchev–Trinajstić information content (AvgIpc) is 2.67. The molecule has 150 valence electrons. The van der Waals surface area contributed by atoms with E-state index in [0.29, 0.717) is 11.8 Å². The molecule has 1 aromatic rings. The minimum absolute atomic E-state index is 0.0704. The van der Waals surface area contributed by atoms with Gasteiger partial charge in [-0.15, -0.1) is 0 Å². The zero-order valence-corrected chi connectivity index (χ0v) is 16.8. The molecule has 0 aromatic heterocycles. The van der Waals surface area contributed by atoms with Gasteiger partial charge in [0.15, 0.2) is 6.61 Å². The van der Waals surface area contributed by atoms with Gasteiger partial charge in [0.2, 0.25) is 0 Å². The second kappa shape index (κ2) is 9.53. The number of benzene rings is 1. The Labute approximate surface area is 163 Å². The maximum absolute atomic E-state index is 10.9. The van der Waals surface area contributed by atoms with Gasteiger partial charge < -0.3 is 15.4 Å². The number of likely N-dealkylation sites (N-methyl/N-ethyl adjacent to an activating group) is 1. The maximum Gasteiger partial charge on any atom is 0.255 e. The highest BCUT2D eigenvalue weighted by Gasteiger charge is 2.29. The van der Waals surface area contributed by atoms with Gasteiger partial charge >= 0.3 is 0 Å². The molecule has 2 aliphatic heterocycles. The van der Waals surface area contributed by atoms with Crippen LogP contribution >= 0.6 is 0 Å². The molecule has 0 bridgehead atoms. The fourth-order valence-electron chi connectivity index (χ4n) is 4.27. The summed E-state index contributed by atoms with van der Waals surface area (Å²) in [6.07, 6.45) is 2.54. The summed E-state index contributed by atoms with van der Waals surface area (Å²) in [5.74, 6) is 1.07. The van der Waals surface area contributed by atoms with Gasteiger partial charge in [0.05, 0.1) is 0 Å². The summed E-state index contributed by atoms with van der Waals surface area (Å²) >= 11 is 0. The average molecular weight is 375 g/mol. The van der Waals surface area contributed by atoms with E-state index >= 15 is 0 Å². The van der Waals surface area contributed by atoms with Crippen molar-refractivity contribution in [3.63, 3.8) is 0 Å². The minimum Gasteiger partial charge on any atom is -0.484 e. The Hall–Kier alpha value is -1.63. The maximum atomic E-state index is 10.9. The molecule has 6 heteroatoms. The number of nitrogens with two attached hydrogens (primary N) is 1. The first kappa shape index (κ1) is 20.1. The van der Waals surface area contributed by atoms with E-state index in [4.69, 9.17) is 10.5 Å². The number of likely N-dealkylation sites (tertiary alicyclic amines) is 1. The molecule has 1 amide bonds. The molecular weight excluding hydrogens is 340 g/mol. The van der Waals surface area contributed by atoms with Crippen molar-refractivity contribution in [1.82, 2.24) is 14.7 Å². The third-order valence-corrected chi connectivity index (χ3v) is 6.11. The molecule has 0 aliphatic carbocycles. The standard InChI is InChI=1S/C21H34N4O2/c1-17(25-12-10-23(2)11-13-25)19-6-8-24(9-7-19)15-18-4-3-5-20(14-18)27-16-21(22)26/h3-5,14,17,19H,6-13,15-16H2,1-2H3,(H2,22,26). The first-order valence-corrected chi connectivity index (χ1v) is 10.2. The predicted molar refractivity (Wildman–Crippen MR) is 108 cm³/mol. The normalized spacial score (nSPS) is 21.9. The van der Waals surface area contributed by atoms with E-state index in [0.717, 1.165) is 25.6 Å². The van der Waals surface area contributed by atoms with Crippen molar-refractivity contribution in [2.45, 2.75) is 32.4 Å². The van der Waals surface area contributed by atoms with Crippen LogP contribution in [0.25, 0.3) is 0 Å². The number of rotatable bonds is 7. The zero-order valence-electron chi connectivity index (χ0n) is 16.8. The van der Waals surface area contributed by atoms with Gasteiger partial charge in [-0.25, -0.2) is 0 Å². The van der Waals surface area contributed by atoms with Crippen molar-refractivity contribution >= 4 is 5.91 Å². The van der Waals surface area contributed by atoms with Crippen LogP contribution in [-0.4, -0.2) is 79.6 Å². The van der Waals surface area contributed by atoms with Crippen molar-refractivity contribution in [2.75, 3.05) is 52.9 Å². The molecular formula is C21H34N4O2. The highest BCUT2D eigenvalue weighted by Crippen LogP contribution is 2.26. The van der Waals surface area contributed by atoms with Gasteiger partial charge in [-0.1, -0.05) is 12.1 Å². The van der Waals surface area contributed by atoms with E-state index in [1.165, 1.54) is 44.6 Å². The fraction of sp³-hybridized carbons (Fsp3) is 0.667. The first-order valence-electron chi connectivity index (χ1n) is 10.2. The molecule has 3 rings (SSSR count). The summed E-state index contributed by atoms with van der Waals surface area (Å²) in [5.41, 5.74) is 6.37. The number of hydrogen-bond acceptors (Lipinski definition) is 5. The number of primary amides is 1. The zero-order chi connectivity index (χ0) is 19.2. The lowest BCUT2D eigenvalue weighted by Crippen LogP contribution is -2.51. The number of ether oxygens (including phenoxy) is 1. The summed E-state index contributed by atoms with van der Waals surface area (Å²) in [7, 11) is 2.22. The topological polar surface area (TPSA) is 62.0 Å².